The lowest BCUT2D eigenvalue weighted by atomic mass is 10.3. The number of primary amides is 1. The van der Waals surface area contributed by atoms with Crippen LogP contribution in [0.2, 0.25) is 0 Å². The average Bonchev–Trinajstić information content (AvgIpc) is 2.50. The molecule has 0 spiro atoms. The fourth-order valence-corrected chi connectivity index (χ4v) is 2.81. The number of nitro benzene ring substituents is 1. The largest absolute Gasteiger partial charge is 0.412 e. The van der Waals surface area contributed by atoms with Gasteiger partial charge in [0, 0.05) is 17.5 Å². The Morgan fingerprint density at radius 1 is 1.50 bits per heavy atom. The number of hydrogen-bond acceptors (Lipinski definition) is 8. The van der Waals surface area contributed by atoms with E-state index in [4.69, 9.17) is 10.3 Å². The first-order chi connectivity index (χ1) is 12.1. The lowest BCUT2D eigenvalue weighted by molar-refractivity contribution is -0.384. The molecule has 0 bridgehead atoms. The van der Waals surface area contributed by atoms with E-state index in [0.29, 0.717) is 4.90 Å². The molecule has 0 atom stereocenters. The molecule has 0 saturated carbocycles. The number of amidine groups is 1. The number of hydrogen-bond donors (Lipinski definition) is 3. The van der Waals surface area contributed by atoms with Crippen LogP contribution >= 0.6 is 11.8 Å². The molecule has 0 fully saturated rings. The van der Waals surface area contributed by atoms with Crippen LogP contribution in [0.15, 0.2) is 28.1 Å². The van der Waals surface area contributed by atoms with E-state index in [0.717, 1.165) is 12.2 Å². The van der Waals surface area contributed by atoms with Gasteiger partial charge in [0.2, 0.25) is 0 Å². The number of nitrogens with zero attached hydrogens (tertiary/aromatic N) is 2. The Kier molecular flexibility index (Phi) is 8.28. The topological polar surface area (TPSA) is 174 Å². The van der Waals surface area contributed by atoms with Gasteiger partial charge in [-0.25, -0.2) is 4.79 Å². The Morgan fingerprint density at radius 2 is 2.19 bits per heavy atom. The van der Waals surface area contributed by atoms with E-state index < -0.39 is 32.9 Å². The molecule has 13 heteroatoms. The van der Waals surface area contributed by atoms with Gasteiger partial charge < -0.3 is 15.8 Å². The van der Waals surface area contributed by atoms with E-state index in [1.165, 1.54) is 23.9 Å². The minimum Gasteiger partial charge on any atom is -0.376 e. The van der Waals surface area contributed by atoms with Crippen LogP contribution in [-0.2, 0) is 14.9 Å². The highest BCUT2D eigenvalue weighted by molar-refractivity contribution is 7.99. The molecule has 144 valence electrons. The fourth-order valence-electron chi connectivity index (χ4n) is 1.65. The van der Waals surface area contributed by atoms with Crippen molar-refractivity contribution in [2.24, 2.45) is 10.7 Å². The molecule has 4 N–H and O–H groups in total. The molecule has 0 radical (unpaired) electrons. The highest BCUT2D eigenvalue weighted by atomic mass is 32.2. The third-order valence-electron chi connectivity index (χ3n) is 2.67. The number of aliphatic imine (C=N–C) groups is 1. The Morgan fingerprint density at radius 3 is 2.73 bits per heavy atom. The summed E-state index contributed by atoms with van der Waals surface area (Å²) in [6, 6.07) is 3.74. The van der Waals surface area contributed by atoms with Gasteiger partial charge in [-0.3, -0.25) is 14.7 Å². The van der Waals surface area contributed by atoms with Crippen LogP contribution in [0.3, 0.4) is 0 Å². The summed E-state index contributed by atoms with van der Waals surface area (Å²) in [5.41, 5.74) is 4.47. The number of carbonyl (C=O) groups excluding carboxylic acids is 1. The van der Waals surface area contributed by atoms with Crippen LogP contribution in [-0.4, -0.2) is 48.1 Å². The minimum atomic E-state index is -4.26. The quantitative estimate of drug-likeness (QED) is 0.145. The van der Waals surface area contributed by atoms with Gasteiger partial charge in [0.1, 0.15) is 5.69 Å². The normalized spacial score (nSPS) is 11.8. The molecule has 1 aromatic rings. The molecule has 11 nitrogen and oxygen atoms in total. The molecule has 0 saturated heterocycles. The molecule has 0 unspecified atom stereocenters. The molecule has 1 aromatic carbocycles. The van der Waals surface area contributed by atoms with Crippen molar-refractivity contribution in [3.8, 4) is 0 Å². The van der Waals surface area contributed by atoms with E-state index in [-0.39, 0.29) is 17.9 Å². The smallest absolute Gasteiger partial charge is 0.376 e. The van der Waals surface area contributed by atoms with E-state index in [2.05, 4.69) is 15.0 Å². The first-order valence-electron chi connectivity index (χ1n) is 7.28. The van der Waals surface area contributed by atoms with Gasteiger partial charge in [-0.05, 0) is 24.3 Å². The van der Waals surface area contributed by atoms with Gasteiger partial charge in [-0.1, -0.05) is 6.92 Å². The zero-order valence-electron chi connectivity index (χ0n) is 13.7. The maximum Gasteiger partial charge on any atom is 0.412 e. The summed E-state index contributed by atoms with van der Waals surface area (Å²) in [5, 5.41) is 13.5. The van der Waals surface area contributed by atoms with Crippen molar-refractivity contribution in [1.29, 1.82) is 0 Å². The average molecular weight is 406 g/mol. The second kappa shape index (κ2) is 9.94. The Bertz CT molecular complexity index is 796. The number of rotatable bonds is 8. The Balaban J connectivity index is 3.16. The standard InChI is InChI=1S/C13H18N4O7S2/c1-2-6-25-9-3-4-11(17(19)20)10(8-9)16-13(24-12(14)18)15-5-7-26(21,22)23/h3-4,8H,2,5-7H2,1H3,(H2,14,18)(H,15,16)(H,21,22,23). The number of amides is 1. The summed E-state index contributed by atoms with van der Waals surface area (Å²) in [4.78, 5) is 26.0. The van der Waals surface area contributed by atoms with Crippen molar-refractivity contribution in [2.75, 3.05) is 18.1 Å². The minimum absolute atomic E-state index is 0.105. The van der Waals surface area contributed by atoms with Crippen LogP contribution in [0.5, 0.6) is 0 Å². The SMILES string of the molecule is CCCSc1ccc([N+](=O)[O-])c(/N=C(\NCCS(=O)(=O)O)OC(N)=O)c1. The lowest BCUT2D eigenvalue weighted by Gasteiger charge is -2.08. The molecule has 0 aromatic heterocycles. The summed E-state index contributed by atoms with van der Waals surface area (Å²) in [5.74, 6) is 0.0981. The number of nitrogens with one attached hydrogen (secondary N) is 1. The second-order valence-corrected chi connectivity index (χ2v) is 7.55. The number of nitrogens with two attached hydrogens (primary N) is 1. The van der Waals surface area contributed by atoms with Gasteiger partial charge in [-0.2, -0.15) is 13.4 Å². The summed E-state index contributed by atoms with van der Waals surface area (Å²) < 4.78 is 34.8. The van der Waals surface area contributed by atoms with Crippen molar-refractivity contribution >= 4 is 45.4 Å². The van der Waals surface area contributed by atoms with Crippen molar-refractivity contribution in [3.05, 3.63) is 28.3 Å². The number of thioether (sulfide) groups is 1. The molecular formula is C13H18N4O7S2. The van der Waals surface area contributed by atoms with Gasteiger partial charge in [0.25, 0.3) is 21.8 Å². The zero-order valence-corrected chi connectivity index (χ0v) is 15.4. The highest BCUT2D eigenvalue weighted by Gasteiger charge is 2.17. The molecule has 0 aliphatic carbocycles. The summed E-state index contributed by atoms with van der Waals surface area (Å²) in [6.07, 6.45) is -0.352. The maximum atomic E-state index is 11.2. The van der Waals surface area contributed by atoms with E-state index in [1.54, 1.807) is 6.07 Å². The van der Waals surface area contributed by atoms with Crippen LogP contribution in [0.4, 0.5) is 16.2 Å². The third kappa shape index (κ3) is 8.13. The molecule has 0 aliphatic rings. The predicted molar refractivity (Wildman–Crippen MR) is 96.3 cm³/mol. The van der Waals surface area contributed by atoms with Gasteiger partial charge in [-0.15, -0.1) is 11.8 Å². The monoisotopic (exact) mass is 406 g/mol. The summed E-state index contributed by atoms with van der Waals surface area (Å²) in [7, 11) is -4.26. The molecule has 26 heavy (non-hydrogen) atoms. The molecule has 1 amide bonds. The van der Waals surface area contributed by atoms with Crippen molar-refractivity contribution in [2.45, 2.75) is 18.2 Å². The Hall–Kier alpha value is -2.38. The van der Waals surface area contributed by atoms with Crippen LogP contribution in [0.25, 0.3) is 0 Å². The number of nitro groups is 1. The second-order valence-electron chi connectivity index (χ2n) is 4.81. The van der Waals surface area contributed by atoms with E-state index in [9.17, 15) is 23.3 Å². The first kappa shape index (κ1) is 21.7. The van der Waals surface area contributed by atoms with Crippen molar-refractivity contribution < 1.29 is 27.4 Å². The van der Waals surface area contributed by atoms with E-state index >= 15 is 0 Å². The summed E-state index contributed by atoms with van der Waals surface area (Å²) >= 11 is 1.46. The first-order valence-corrected chi connectivity index (χ1v) is 9.88. The van der Waals surface area contributed by atoms with E-state index in [1.807, 2.05) is 6.92 Å². The highest BCUT2D eigenvalue weighted by Crippen LogP contribution is 2.32. The number of benzene rings is 1. The molecule has 0 aliphatic heterocycles. The number of carbonyl (C=O) groups is 1. The molecular weight excluding hydrogens is 388 g/mol. The van der Waals surface area contributed by atoms with Gasteiger partial charge in [0.05, 0.1) is 10.7 Å². The molecule has 0 heterocycles. The maximum absolute atomic E-state index is 11.2. The molecule has 1 rings (SSSR count). The summed E-state index contributed by atoms with van der Waals surface area (Å²) in [6.45, 7) is 1.62. The van der Waals surface area contributed by atoms with Crippen LogP contribution in [0, 0.1) is 10.1 Å². The van der Waals surface area contributed by atoms with Crippen molar-refractivity contribution in [3.63, 3.8) is 0 Å². The van der Waals surface area contributed by atoms with Crippen molar-refractivity contribution in [1.82, 2.24) is 5.32 Å². The third-order valence-corrected chi connectivity index (χ3v) is 4.59. The lowest BCUT2D eigenvalue weighted by Crippen LogP contribution is -2.34. The van der Waals surface area contributed by atoms with Crippen LogP contribution < -0.4 is 11.1 Å². The van der Waals surface area contributed by atoms with Gasteiger partial charge >= 0.3 is 6.09 Å². The number of ether oxygens (including phenoxy) is 1. The Labute approximate surface area is 153 Å². The zero-order chi connectivity index (χ0) is 19.7. The van der Waals surface area contributed by atoms with Crippen LogP contribution in [0.1, 0.15) is 13.3 Å². The fraction of sp³-hybridized carbons (Fsp3) is 0.385. The van der Waals surface area contributed by atoms with Gasteiger partial charge in [0.15, 0.2) is 0 Å². The predicted octanol–water partition coefficient (Wildman–Crippen LogP) is 1.66.